The first-order valence-electron chi connectivity index (χ1n) is 9.02. The van der Waals surface area contributed by atoms with Gasteiger partial charge in [0, 0.05) is 31.7 Å². The summed E-state index contributed by atoms with van der Waals surface area (Å²) < 4.78 is 12.9. The number of carbonyl (C=O) groups is 1. The molecule has 0 spiro atoms. The van der Waals surface area contributed by atoms with Gasteiger partial charge in [0.25, 0.3) is 5.91 Å². The Morgan fingerprint density at radius 2 is 1.84 bits per heavy atom. The number of benzene rings is 2. The van der Waals surface area contributed by atoms with Crippen LogP contribution in [-0.2, 0) is 0 Å². The molecule has 1 N–H and O–H groups in total. The van der Waals surface area contributed by atoms with Crippen molar-refractivity contribution < 1.29 is 9.18 Å². The molecule has 1 amide bonds. The minimum Gasteiger partial charge on any atom is -0.351 e. The highest BCUT2D eigenvalue weighted by atomic mass is 19.1. The molecule has 1 saturated carbocycles. The van der Waals surface area contributed by atoms with E-state index in [2.05, 4.69) is 40.5 Å². The van der Waals surface area contributed by atoms with Crippen LogP contribution in [-0.4, -0.2) is 37.0 Å². The second kappa shape index (κ2) is 6.96. The van der Waals surface area contributed by atoms with Gasteiger partial charge in [-0.1, -0.05) is 30.3 Å². The van der Waals surface area contributed by atoms with Crippen molar-refractivity contribution in [3.63, 3.8) is 0 Å². The molecule has 130 valence electrons. The molecule has 0 aromatic heterocycles. The lowest BCUT2D eigenvalue weighted by Gasteiger charge is -2.40. The highest BCUT2D eigenvalue weighted by Gasteiger charge is 2.46. The minimum absolute atomic E-state index is 0.135. The van der Waals surface area contributed by atoms with Crippen LogP contribution in [0.1, 0.15) is 28.3 Å². The number of fused-ring (bicyclic) bond motifs is 1. The number of amides is 1. The Morgan fingerprint density at radius 3 is 2.60 bits per heavy atom. The van der Waals surface area contributed by atoms with Gasteiger partial charge in [0.05, 0.1) is 0 Å². The van der Waals surface area contributed by atoms with Crippen LogP contribution in [0.25, 0.3) is 0 Å². The fourth-order valence-electron chi connectivity index (χ4n) is 4.30. The summed E-state index contributed by atoms with van der Waals surface area (Å²) in [6.07, 6.45) is 1.28. The molecule has 3 atom stereocenters. The molecule has 1 aliphatic carbocycles. The van der Waals surface area contributed by atoms with E-state index >= 15 is 0 Å². The first-order chi connectivity index (χ1) is 12.2. The van der Waals surface area contributed by atoms with Crippen LogP contribution >= 0.6 is 0 Å². The molecule has 2 fully saturated rings. The van der Waals surface area contributed by atoms with Crippen molar-refractivity contribution in [2.75, 3.05) is 26.2 Å². The summed E-state index contributed by atoms with van der Waals surface area (Å²) in [7, 11) is 0. The summed E-state index contributed by atoms with van der Waals surface area (Å²) in [4.78, 5) is 14.5. The minimum atomic E-state index is -0.322. The molecule has 4 heteroatoms. The van der Waals surface area contributed by atoms with Crippen molar-refractivity contribution in [1.82, 2.24) is 10.2 Å². The predicted octanol–water partition coefficient (Wildman–Crippen LogP) is 3.29. The smallest absolute Gasteiger partial charge is 0.251 e. The maximum atomic E-state index is 12.9. The molecular weight excluding hydrogens is 315 g/mol. The van der Waals surface area contributed by atoms with Crippen LogP contribution in [0.5, 0.6) is 0 Å². The van der Waals surface area contributed by atoms with Crippen LogP contribution in [0.2, 0.25) is 0 Å². The zero-order valence-electron chi connectivity index (χ0n) is 14.2. The zero-order valence-corrected chi connectivity index (χ0v) is 14.2. The van der Waals surface area contributed by atoms with Gasteiger partial charge in [0.1, 0.15) is 5.82 Å². The molecular formula is C21H23FN2O. The van der Waals surface area contributed by atoms with Crippen LogP contribution < -0.4 is 5.32 Å². The number of rotatable bonds is 5. The van der Waals surface area contributed by atoms with E-state index in [4.69, 9.17) is 0 Å². The van der Waals surface area contributed by atoms with Crippen molar-refractivity contribution in [3.05, 3.63) is 71.5 Å². The molecule has 0 bridgehead atoms. The molecule has 2 aliphatic rings. The Hall–Kier alpha value is -2.20. The van der Waals surface area contributed by atoms with E-state index in [9.17, 15) is 9.18 Å². The quantitative estimate of drug-likeness (QED) is 0.907. The van der Waals surface area contributed by atoms with Crippen molar-refractivity contribution in [2.45, 2.75) is 12.3 Å². The molecule has 1 heterocycles. The van der Waals surface area contributed by atoms with Crippen LogP contribution in [0.3, 0.4) is 0 Å². The van der Waals surface area contributed by atoms with Gasteiger partial charge < -0.3 is 10.2 Å². The Kier molecular flexibility index (Phi) is 4.53. The van der Waals surface area contributed by atoms with E-state index < -0.39 is 0 Å². The Balaban J connectivity index is 1.24. The first-order valence-corrected chi connectivity index (χ1v) is 9.02. The largest absolute Gasteiger partial charge is 0.351 e. The molecule has 4 rings (SSSR count). The highest BCUT2D eigenvalue weighted by Crippen LogP contribution is 2.51. The molecule has 3 nitrogen and oxygen atoms in total. The lowest BCUT2D eigenvalue weighted by atomic mass is 9.64. The van der Waals surface area contributed by atoms with Crippen LogP contribution in [0.4, 0.5) is 4.39 Å². The third-order valence-electron chi connectivity index (χ3n) is 5.69. The van der Waals surface area contributed by atoms with Gasteiger partial charge >= 0.3 is 0 Å². The molecule has 2 aromatic rings. The van der Waals surface area contributed by atoms with Gasteiger partial charge in [-0.25, -0.2) is 4.39 Å². The summed E-state index contributed by atoms with van der Waals surface area (Å²) in [5.74, 6) is 1.81. The van der Waals surface area contributed by atoms with E-state index in [1.165, 1.54) is 36.2 Å². The Labute approximate surface area is 147 Å². The summed E-state index contributed by atoms with van der Waals surface area (Å²) in [6.45, 7) is 3.77. The number of nitrogens with one attached hydrogen (secondary N) is 1. The van der Waals surface area contributed by atoms with Crippen molar-refractivity contribution >= 4 is 5.91 Å². The summed E-state index contributed by atoms with van der Waals surface area (Å²) in [5.41, 5.74) is 1.97. The van der Waals surface area contributed by atoms with E-state index in [0.29, 0.717) is 18.0 Å². The molecule has 3 unspecified atom stereocenters. The van der Waals surface area contributed by atoms with E-state index in [-0.39, 0.29) is 11.7 Å². The molecule has 1 saturated heterocycles. The third kappa shape index (κ3) is 3.45. The maximum absolute atomic E-state index is 12.9. The zero-order chi connectivity index (χ0) is 17.2. The highest BCUT2D eigenvalue weighted by molar-refractivity contribution is 5.94. The number of halogens is 1. The van der Waals surface area contributed by atoms with E-state index in [1.54, 1.807) is 0 Å². The van der Waals surface area contributed by atoms with Gasteiger partial charge in [0.15, 0.2) is 0 Å². The van der Waals surface area contributed by atoms with E-state index in [1.807, 2.05) is 0 Å². The van der Waals surface area contributed by atoms with Gasteiger partial charge in [0.2, 0.25) is 0 Å². The average molecular weight is 338 g/mol. The Bertz CT molecular complexity index is 731. The summed E-state index contributed by atoms with van der Waals surface area (Å²) in [6, 6.07) is 16.5. The van der Waals surface area contributed by atoms with E-state index in [0.717, 1.165) is 31.5 Å². The summed E-state index contributed by atoms with van der Waals surface area (Å²) >= 11 is 0. The topological polar surface area (TPSA) is 32.3 Å². The van der Waals surface area contributed by atoms with Crippen molar-refractivity contribution in [3.8, 4) is 0 Å². The van der Waals surface area contributed by atoms with Crippen LogP contribution in [0, 0.1) is 17.7 Å². The standard InChI is InChI=1S/C21H23FN2O/c22-18-8-6-16(7-9-18)21(25)23-10-11-24-13-17-12-19(20(17)14-24)15-4-2-1-3-5-15/h1-9,17,19-20H,10-14H2,(H,23,25). The van der Waals surface area contributed by atoms with Gasteiger partial charge in [-0.2, -0.15) is 0 Å². The van der Waals surface area contributed by atoms with Crippen LogP contribution in [0.15, 0.2) is 54.6 Å². The number of hydrogen-bond acceptors (Lipinski definition) is 2. The normalized spacial score (nSPS) is 25.2. The molecule has 1 aliphatic heterocycles. The summed E-state index contributed by atoms with van der Waals surface area (Å²) in [5, 5.41) is 2.94. The molecule has 0 radical (unpaired) electrons. The lowest BCUT2D eigenvalue weighted by Crippen LogP contribution is -2.34. The number of nitrogens with zero attached hydrogens (tertiary/aromatic N) is 1. The number of likely N-dealkylation sites (tertiary alicyclic amines) is 1. The van der Waals surface area contributed by atoms with Crippen molar-refractivity contribution in [1.29, 1.82) is 0 Å². The number of carbonyl (C=O) groups excluding carboxylic acids is 1. The lowest BCUT2D eigenvalue weighted by molar-refractivity contribution is 0.0949. The second-order valence-corrected chi connectivity index (χ2v) is 7.20. The SMILES string of the molecule is O=C(NCCN1CC2CC(c3ccccc3)C2C1)c1ccc(F)cc1. The first kappa shape index (κ1) is 16.3. The number of hydrogen-bond donors (Lipinski definition) is 1. The van der Waals surface area contributed by atoms with Gasteiger partial charge in [-0.15, -0.1) is 0 Å². The molecule has 2 aromatic carbocycles. The Morgan fingerprint density at radius 1 is 1.08 bits per heavy atom. The third-order valence-corrected chi connectivity index (χ3v) is 5.69. The maximum Gasteiger partial charge on any atom is 0.251 e. The predicted molar refractivity (Wildman–Crippen MR) is 96.0 cm³/mol. The van der Waals surface area contributed by atoms with Gasteiger partial charge in [-0.3, -0.25) is 4.79 Å². The monoisotopic (exact) mass is 338 g/mol. The van der Waals surface area contributed by atoms with Crippen molar-refractivity contribution in [2.24, 2.45) is 11.8 Å². The second-order valence-electron chi connectivity index (χ2n) is 7.20. The fourth-order valence-corrected chi connectivity index (χ4v) is 4.30. The fraction of sp³-hybridized carbons (Fsp3) is 0.381. The average Bonchev–Trinajstić information content (AvgIpc) is 2.93. The molecule has 25 heavy (non-hydrogen) atoms. The van der Waals surface area contributed by atoms with Gasteiger partial charge in [-0.05, 0) is 54.0 Å².